The Morgan fingerprint density at radius 2 is 1.81 bits per heavy atom. The molecule has 31 heavy (non-hydrogen) atoms. The first-order chi connectivity index (χ1) is 14.3. The third kappa shape index (κ3) is 7.62. The van der Waals surface area contributed by atoms with Crippen LogP contribution in [-0.2, 0) is 10.2 Å². The summed E-state index contributed by atoms with van der Waals surface area (Å²) in [7, 11) is 4.70. The Kier molecular flexibility index (Phi) is 11.2. The van der Waals surface area contributed by atoms with Crippen molar-refractivity contribution < 1.29 is 19.0 Å². The maximum Gasteiger partial charge on any atom is 0.409 e. The molecule has 1 aliphatic heterocycles. The smallest absolute Gasteiger partial charge is 0.409 e. The highest BCUT2D eigenvalue weighted by Crippen LogP contribution is 2.33. The zero-order chi connectivity index (χ0) is 22.1. The molecule has 176 valence electrons. The molecule has 2 N–H and O–H groups in total. The molecule has 0 radical (unpaired) electrons. The monoisotopic (exact) mass is 548 g/mol. The second-order valence-corrected chi connectivity index (χ2v) is 8.02. The number of benzene rings is 1. The maximum absolute atomic E-state index is 11.7. The number of methoxy groups -OCH3 is 3. The molecule has 1 heterocycles. The predicted molar refractivity (Wildman–Crippen MR) is 134 cm³/mol. The molecular weight excluding hydrogens is 511 g/mol. The Labute approximate surface area is 203 Å². The zero-order valence-corrected chi connectivity index (χ0v) is 21.8. The Bertz CT molecular complexity index is 734. The molecule has 1 aromatic rings. The standard InChI is InChI=1S/C22H36N4O4.HI/c1-7-23-20(25-17-10-12-26(13-11-17)21(27)30-6)24-15-22(2,3)16-8-9-18(28-4)19(14-16)29-5;/h8-9,14,17H,7,10-13,15H2,1-6H3,(H2,23,24,25);1H. The molecule has 1 fully saturated rings. The van der Waals surface area contributed by atoms with Crippen molar-refractivity contribution in [1.29, 1.82) is 0 Å². The van der Waals surface area contributed by atoms with E-state index in [-0.39, 0.29) is 41.5 Å². The van der Waals surface area contributed by atoms with Crippen molar-refractivity contribution in [3.05, 3.63) is 23.8 Å². The molecule has 2 rings (SSSR count). The van der Waals surface area contributed by atoms with Gasteiger partial charge in [0, 0.05) is 31.1 Å². The SMILES string of the molecule is CCNC(=NCC(C)(C)c1ccc(OC)c(OC)c1)NC1CCN(C(=O)OC)CC1.I. The van der Waals surface area contributed by atoms with Crippen LogP contribution in [0, 0.1) is 0 Å². The number of nitrogens with one attached hydrogen (secondary N) is 2. The number of hydrogen-bond donors (Lipinski definition) is 2. The normalized spacial score (nSPS) is 15.0. The molecule has 1 saturated heterocycles. The van der Waals surface area contributed by atoms with Crippen LogP contribution in [0.1, 0.15) is 39.2 Å². The summed E-state index contributed by atoms with van der Waals surface area (Å²) in [4.78, 5) is 18.2. The highest BCUT2D eigenvalue weighted by Gasteiger charge is 2.25. The lowest BCUT2D eigenvalue weighted by atomic mass is 9.84. The van der Waals surface area contributed by atoms with E-state index in [2.05, 4.69) is 37.5 Å². The lowest BCUT2D eigenvalue weighted by Gasteiger charge is -2.32. The summed E-state index contributed by atoms with van der Waals surface area (Å²) in [6.45, 7) is 9.13. The number of halogens is 1. The van der Waals surface area contributed by atoms with E-state index in [1.54, 1.807) is 19.1 Å². The molecule has 1 amide bonds. The lowest BCUT2D eigenvalue weighted by Crippen LogP contribution is -2.50. The van der Waals surface area contributed by atoms with Gasteiger partial charge in [0.05, 0.1) is 27.9 Å². The molecule has 0 atom stereocenters. The van der Waals surface area contributed by atoms with Crippen molar-refractivity contribution in [2.75, 3.05) is 47.5 Å². The van der Waals surface area contributed by atoms with Gasteiger partial charge in [-0.3, -0.25) is 4.99 Å². The average Bonchev–Trinajstić information content (AvgIpc) is 2.77. The molecule has 0 saturated carbocycles. The number of likely N-dealkylation sites (tertiary alicyclic amines) is 1. The van der Waals surface area contributed by atoms with Gasteiger partial charge in [0.1, 0.15) is 0 Å². The number of ether oxygens (including phenoxy) is 3. The van der Waals surface area contributed by atoms with E-state index in [1.165, 1.54) is 7.11 Å². The Morgan fingerprint density at radius 1 is 1.16 bits per heavy atom. The number of rotatable bonds is 7. The van der Waals surface area contributed by atoms with Crippen LogP contribution in [-0.4, -0.2) is 70.5 Å². The molecule has 0 unspecified atom stereocenters. The Balaban J connectivity index is 0.00000480. The van der Waals surface area contributed by atoms with Crippen molar-refractivity contribution in [3.8, 4) is 11.5 Å². The number of amides is 1. The Morgan fingerprint density at radius 3 is 2.35 bits per heavy atom. The van der Waals surface area contributed by atoms with E-state index in [9.17, 15) is 4.79 Å². The third-order valence-electron chi connectivity index (χ3n) is 5.41. The molecule has 1 aromatic carbocycles. The molecule has 0 aliphatic carbocycles. The number of carbonyl (C=O) groups is 1. The van der Waals surface area contributed by atoms with Gasteiger partial charge in [0.2, 0.25) is 0 Å². The van der Waals surface area contributed by atoms with Crippen LogP contribution in [0.5, 0.6) is 11.5 Å². The van der Waals surface area contributed by atoms with Gasteiger partial charge < -0.3 is 29.7 Å². The highest BCUT2D eigenvalue weighted by atomic mass is 127. The van der Waals surface area contributed by atoms with Gasteiger partial charge >= 0.3 is 6.09 Å². The summed E-state index contributed by atoms with van der Waals surface area (Å²) in [5, 5.41) is 6.84. The topological polar surface area (TPSA) is 84.4 Å². The molecule has 9 heteroatoms. The fraction of sp³-hybridized carbons (Fsp3) is 0.636. The van der Waals surface area contributed by atoms with E-state index in [4.69, 9.17) is 19.2 Å². The van der Waals surface area contributed by atoms with Crippen molar-refractivity contribution >= 4 is 36.0 Å². The number of aliphatic imine (C=N–C) groups is 1. The largest absolute Gasteiger partial charge is 0.493 e. The summed E-state index contributed by atoms with van der Waals surface area (Å²) >= 11 is 0. The number of nitrogens with zero attached hydrogens (tertiary/aromatic N) is 2. The minimum Gasteiger partial charge on any atom is -0.493 e. The molecule has 0 bridgehead atoms. The van der Waals surface area contributed by atoms with Crippen LogP contribution in [0.15, 0.2) is 23.2 Å². The van der Waals surface area contributed by atoms with Gasteiger partial charge in [-0.25, -0.2) is 4.79 Å². The number of guanidine groups is 1. The van der Waals surface area contributed by atoms with Gasteiger partial charge in [0.25, 0.3) is 0 Å². The van der Waals surface area contributed by atoms with E-state index in [0.29, 0.717) is 25.4 Å². The van der Waals surface area contributed by atoms with Gasteiger partial charge in [0.15, 0.2) is 17.5 Å². The van der Waals surface area contributed by atoms with E-state index < -0.39 is 0 Å². The van der Waals surface area contributed by atoms with Crippen LogP contribution in [0.3, 0.4) is 0 Å². The van der Waals surface area contributed by atoms with Gasteiger partial charge in [-0.05, 0) is 37.5 Å². The van der Waals surface area contributed by atoms with Crippen LogP contribution < -0.4 is 20.1 Å². The lowest BCUT2D eigenvalue weighted by molar-refractivity contribution is 0.111. The van der Waals surface area contributed by atoms with Crippen molar-refractivity contribution in [1.82, 2.24) is 15.5 Å². The molecule has 0 spiro atoms. The summed E-state index contributed by atoms with van der Waals surface area (Å²) in [6.07, 6.45) is 1.46. The van der Waals surface area contributed by atoms with Crippen LogP contribution in [0.2, 0.25) is 0 Å². The van der Waals surface area contributed by atoms with Crippen molar-refractivity contribution in [2.45, 2.75) is 45.1 Å². The first kappa shape index (κ1) is 27.1. The summed E-state index contributed by atoms with van der Waals surface area (Å²) in [6, 6.07) is 6.27. The fourth-order valence-electron chi connectivity index (χ4n) is 3.47. The molecule has 1 aliphatic rings. The summed E-state index contributed by atoms with van der Waals surface area (Å²) in [5.41, 5.74) is 0.946. The first-order valence-electron chi connectivity index (χ1n) is 10.4. The van der Waals surface area contributed by atoms with Gasteiger partial charge in [-0.1, -0.05) is 19.9 Å². The van der Waals surface area contributed by atoms with E-state index in [0.717, 1.165) is 36.7 Å². The molecular formula is C22H37IN4O4. The summed E-state index contributed by atoms with van der Waals surface area (Å²) < 4.78 is 15.6. The summed E-state index contributed by atoms with van der Waals surface area (Å²) in [5.74, 6) is 2.23. The highest BCUT2D eigenvalue weighted by molar-refractivity contribution is 14.0. The quantitative estimate of drug-likeness (QED) is 0.309. The molecule has 0 aromatic heterocycles. The van der Waals surface area contributed by atoms with Crippen LogP contribution >= 0.6 is 24.0 Å². The van der Waals surface area contributed by atoms with Gasteiger partial charge in [-0.2, -0.15) is 0 Å². The second-order valence-electron chi connectivity index (χ2n) is 8.02. The van der Waals surface area contributed by atoms with Crippen molar-refractivity contribution in [3.63, 3.8) is 0 Å². The van der Waals surface area contributed by atoms with Gasteiger partial charge in [-0.15, -0.1) is 24.0 Å². The number of hydrogen-bond acceptors (Lipinski definition) is 5. The molecule has 8 nitrogen and oxygen atoms in total. The zero-order valence-electron chi connectivity index (χ0n) is 19.5. The van der Waals surface area contributed by atoms with Crippen LogP contribution in [0.25, 0.3) is 0 Å². The van der Waals surface area contributed by atoms with Crippen LogP contribution in [0.4, 0.5) is 4.79 Å². The minimum atomic E-state index is -0.259. The van der Waals surface area contributed by atoms with Crippen molar-refractivity contribution in [2.24, 2.45) is 4.99 Å². The minimum absolute atomic E-state index is 0. The van der Waals surface area contributed by atoms with E-state index >= 15 is 0 Å². The second kappa shape index (κ2) is 12.8. The predicted octanol–water partition coefficient (Wildman–Crippen LogP) is 3.39. The third-order valence-corrected chi connectivity index (χ3v) is 5.41. The average molecular weight is 548 g/mol. The van der Waals surface area contributed by atoms with E-state index in [1.807, 2.05) is 12.1 Å². The first-order valence-corrected chi connectivity index (χ1v) is 10.4. The number of piperidine rings is 1. The Hall–Kier alpha value is -1.91. The maximum atomic E-state index is 11.7. The number of carbonyl (C=O) groups excluding carboxylic acids is 1. The fourth-order valence-corrected chi connectivity index (χ4v) is 3.47.